The van der Waals surface area contributed by atoms with Crippen LogP contribution in [0.2, 0.25) is 0 Å². The second-order valence-corrected chi connectivity index (χ2v) is 3.76. The molecule has 0 aliphatic rings. The largest absolute Gasteiger partial charge is 0.329 e. The number of hydrogen-bond acceptors (Lipinski definition) is 1. The predicted molar refractivity (Wildman–Crippen MR) is 58.2 cm³/mol. The summed E-state index contributed by atoms with van der Waals surface area (Å²) in [6.45, 7) is 1.51. The van der Waals surface area contributed by atoms with Gasteiger partial charge in [-0.1, -0.05) is 41.9 Å². The number of nitrogens with zero attached hydrogens (tertiary/aromatic N) is 1. The standard InChI is InChI=1S/C11H14ClNO/c1-9(14)13(2)11(12)8-10-6-4-3-5-7-10/h3-7,11H,8H2,1-2H3. The van der Waals surface area contributed by atoms with Crippen LogP contribution in [0.3, 0.4) is 0 Å². The molecule has 0 N–H and O–H groups in total. The molecule has 1 amide bonds. The number of halogens is 1. The lowest BCUT2D eigenvalue weighted by atomic mass is 10.1. The van der Waals surface area contributed by atoms with Crippen LogP contribution in [0.15, 0.2) is 30.3 Å². The van der Waals surface area contributed by atoms with Crippen molar-refractivity contribution >= 4 is 17.5 Å². The Bertz CT molecular complexity index is 299. The fraction of sp³-hybridized carbons (Fsp3) is 0.364. The van der Waals surface area contributed by atoms with Gasteiger partial charge in [0.2, 0.25) is 5.91 Å². The van der Waals surface area contributed by atoms with Gasteiger partial charge < -0.3 is 4.90 Å². The van der Waals surface area contributed by atoms with E-state index in [2.05, 4.69) is 0 Å². The Kier molecular flexibility index (Phi) is 3.96. The van der Waals surface area contributed by atoms with Crippen LogP contribution in [0.5, 0.6) is 0 Å². The molecule has 3 heteroatoms. The SMILES string of the molecule is CC(=O)N(C)C(Cl)Cc1ccccc1. The van der Waals surface area contributed by atoms with Crippen molar-refractivity contribution in [1.29, 1.82) is 0 Å². The lowest BCUT2D eigenvalue weighted by Crippen LogP contribution is -2.32. The van der Waals surface area contributed by atoms with Crippen molar-refractivity contribution in [2.75, 3.05) is 7.05 Å². The summed E-state index contributed by atoms with van der Waals surface area (Å²) in [5, 5.41) is 0. The molecule has 0 aliphatic carbocycles. The summed E-state index contributed by atoms with van der Waals surface area (Å²) in [5.74, 6) is -0.0130. The second kappa shape index (κ2) is 5.01. The average Bonchev–Trinajstić information content (AvgIpc) is 2.18. The quantitative estimate of drug-likeness (QED) is 0.555. The van der Waals surface area contributed by atoms with Crippen molar-refractivity contribution in [3.8, 4) is 0 Å². The first-order valence-electron chi connectivity index (χ1n) is 4.52. The number of amides is 1. The van der Waals surface area contributed by atoms with Gasteiger partial charge in [-0.3, -0.25) is 4.79 Å². The smallest absolute Gasteiger partial charge is 0.220 e. The summed E-state index contributed by atoms with van der Waals surface area (Å²) in [6, 6.07) is 9.90. The molecule has 2 nitrogen and oxygen atoms in total. The molecule has 0 bridgehead atoms. The van der Waals surface area contributed by atoms with E-state index in [1.807, 2.05) is 30.3 Å². The van der Waals surface area contributed by atoms with Crippen LogP contribution in [0.25, 0.3) is 0 Å². The first-order valence-corrected chi connectivity index (χ1v) is 4.96. The molecule has 0 fully saturated rings. The Morgan fingerprint density at radius 2 is 2.00 bits per heavy atom. The molecule has 1 aromatic carbocycles. The number of likely N-dealkylation sites (N-methyl/N-ethyl adjacent to an activating group) is 1. The van der Waals surface area contributed by atoms with Crippen LogP contribution in [0, 0.1) is 0 Å². The van der Waals surface area contributed by atoms with Gasteiger partial charge in [0, 0.05) is 20.4 Å². The maximum absolute atomic E-state index is 11.0. The van der Waals surface area contributed by atoms with Crippen molar-refractivity contribution in [3.63, 3.8) is 0 Å². The van der Waals surface area contributed by atoms with Gasteiger partial charge in [-0.15, -0.1) is 0 Å². The molecule has 0 radical (unpaired) electrons. The summed E-state index contributed by atoms with van der Waals surface area (Å²) >= 11 is 6.07. The van der Waals surface area contributed by atoms with E-state index in [9.17, 15) is 4.79 Å². The molecule has 0 saturated carbocycles. The van der Waals surface area contributed by atoms with E-state index in [4.69, 9.17) is 11.6 Å². The van der Waals surface area contributed by atoms with Gasteiger partial charge in [0.15, 0.2) is 0 Å². The molecule has 1 aromatic rings. The Labute approximate surface area is 89.5 Å². The normalized spacial score (nSPS) is 12.2. The molecule has 0 heterocycles. The monoisotopic (exact) mass is 211 g/mol. The van der Waals surface area contributed by atoms with Gasteiger partial charge in [-0.2, -0.15) is 0 Å². The lowest BCUT2D eigenvalue weighted by Gasteiger charge is -2.21. The summed E-state index contributed by atoms with van der Waals surface area (Å²) in [6.07, 6.45) is 0.679. The minimum Gasteiger partial charge on any atom is -0.329 e. The second-order valence-electron chi connectivity index (χ2n) is 3.25. The van der Waals surface area contributed by atoms with Gasteiger partial charge in [-0.05, 0) is 5.56 Å². The van der Waals surface area contributed by atoms with E-state index in [0.717, 1.165) is 5.56 Å². The predicted octanol–water partition coefficient (Wildman–Crippen LogP) is 2.27. The number of hydrogen-bond donors (Lipinski definition) is 0. The third-order valence-electron chi connectivity index (χ3n) is 2.16. The van der Waals surface area contributed by atoms with Crippen LogP contribution in [0.4, 0.5) is 0 Å². The number of benzene rings is 1. The van der Waals surface area contributed by atoms with Crippen LogP contribution in [-0.2, 0) is 11.2 Å². The summed E-state index contributed by atoms with van der Waals surface area (Å²) in [5.41, 5.74) is 0.871. The van der Waals surface area contributed by atoms with Crippen LogP contribution < -0.4 is 0 Å². The van der Waals surface area contributed by atoms with Crippen molar-refractivity contribution in [3.05, 3.63) is 35.9 Å². The molecule has 1 atom stereocenters. The molecule has 0 saturated heterocycles. The maximum Gasteiger partial charge on any atom is 0.220 e. The molecule has 1 unspecified atom stereocenters. The van der Waals surface area contributed by atoms with Gasteiger partial charge in [0.1, 0.15) is 5.50 Å². The zero-order valence-corrected chi connectivity index (χ0v) is 9.16. The first-order chi connectivity index (χ1) is 6.61. The van der Waals surface area contributed by atoms with Crippen LogP contribution in [0.1, 0.15) is 12.5 Å². The molecule has 1 rings (SSSR count). The minimum absolute atomic E-state index is 0.0130. The summed E-state index contributed by atoms with van der Waals surface area (Å²) in [7, 11) is 1.71. The third-order valence-corrected chi connectivity index (χ3v) is 2.61. The van der Waals surface area contributed by atoms with Crippen molar-refractivity contribution < 1.29 is 4.79 Å². The Balaban J connectivity index is 2.57. The van der Waals surface area contributed by atoms with E-state index >= 15 is 0 Å². The molecule has 0 aromatic heterocycles. The van der Waals surface area contributed by atoms with E-state index in [1.54, 1.807) is 7.05 Å². The number of carbonyl (C=O) groups is 1. The molecule has 14 heavy (non-hydrogen) atoms. The topological polar surface area (TPSA) is 20.3 Å². The van der Waals surface area contributed by atoms with Gasteiger partial charge >= 0.3 is 0 Å². The van der Waals surface area contributed by atoms with Gasteiger partial charge in [0.25, 0.3) is 0 Å². The molecule has 0 spiro atoms. The molecule has 0 aliphatic heterocycles. The van der Waals surface area contributed by atoms with Crippen LogP contribution in [-0.4, -0.2) is 23.4 Å². The molecular formula is C11H14ClNO. The average molecular weight is 212 g/mol. The van der Waals surface area contributed by atoms with Crippen molar-refractivity contribution in [1.82, 2.24) is 4.90 Å². The zero-order chi connectivity index (χ0) is 10.6. The number of rotatable bonds is 3. The number of carbonyl (C=O) groups excluding carboxylic acids is 1. The Morgan fingerprint density at radius 1 is 1.43 bits per heavy atom. The van der Waals surface area contributed by atoms with Crippen LogP contribution >= 0.6 is 11.6 Å². The van der Waals surface area contributed by atoms with Crippen molar-refractivity contribution in [2.45, 2.75) is 18.8 Å². The fourth-order valence-electron chi connectivity index (χ4n) is 1.14. The van der Waals surface area contributed by atoms with E-state index in [-0.39, 0.29) is 11.4 Å². The maximum atomic E-state index is 11.0. The molecular weight excluding hydrogens is 198 g/mol. The highest BCUT2D eigenvalue weighted by atomic mass is 35.5. The van der Waals surface area contributed by atoms with E-state index < -0.39 is 0 Å². The fourth-order valence-corrected chi connectivity index (χ4v) is 1.46. The molecule has 76 valence electrons. The summed E-state index contributed by atoms with van der Waals surface area (Å²) in [4.78, 5) is 12.6. The highest BCUT2D eigenvalue weighted by Crippen LogP contribution is 2.10. The zero-order valence-electron chi connectivity index (χ0n) is 8.40. The van der Waals surface area contributed by atoms with Crippen molar-refractivity contribution in [2.24, 2.45) is 0 Å². The highest BCUT2D eigenvalue weighted by molar-refractivity contribution is 6.21. The van der Waals surface area contributed by atoms with Gasteiger partial charge in [0.05, 0.1) is 0 Å². The first kappa shape index (κ1) is 11.1. The summed E-state index contributed by atoms with van der Waals surface area (Å²) < 4.78 is 0. The highest BCUT2D eigenvalue weighted by Gasteiger charge is 2.13. The van der Waals surface area contributed by atoms with Gasteiger partial charge in [-0.25, -0.2) is 0 Å². The van der Waals surface area contributed by atoms with E-state index in [1.165, 1.54) is 11.8 Å². The third kappa shape index (κ3) is 3.04. The minimum atomic E-state index is -0.269. The lowest BCUT2D eigenvalue weighted by molar-refractivity contribution is -0.128. The Morgan fingerprint density at radius 3 is 2.50 bits per heavy atom. The van der Waals surface area contributed by atoms with E-state index in [0.29, 0.717) is 6.42 Å². The Hall–Kier alpha value is -1.02. The number of alkyl halides is 1.